The van der Waals surface area contributed by atoms with Gasteiger partial charge in [0.15, 0.2) is 0 Å². The summed E-state index contributed by atoms with van der Waals surface area (Å²) in [5.74, 6) is 0.814. The Bertz CT molecular complexity index is 256. The van der Waals surface area contributed by atoms with Crippen LogP contribution in [-0.2, 0) is 14.2 Å². The minimum atomic E-state index is 0.325. The number of hydrogen-bond acceptors (Lipinski definition) is 4. The lowest BCUT2D eigenvalue weighted by molar-refractivity contribution is 0.0203. The Morgan fingerprint density at radius 2 is 2.15 bits per heavy atom. The van der Waals surface area contributed by atoms with E-state index < -0.39 is 0 Å². The predicted octanol–water partition coefficient (Wildman–Crippen LogP) is 2.22. The Hall–Kier alpha value is -0.160. The number of nitrogens with one attached hydrogen (secondary N) is 1. The lowest BCUT2D eigenvalue weighted by atomic mass is 9.75. The average molecular weight is 285 g/mol. The molecule has 4 heteroatoms. The van der Waals surface area contributed by atoms with Crippen molar-refractivity contribution in [1.29, 1.82) is 0 Å². The van der Waals surface area contributed by atoms with Crippen LogP contribution in [0.1, 0.15) is 39.0 Å². The van der Waals surface area contributed by atoms with E-state index in [9.17, 15) is 0 Å². The summed E-state index contributed by atoms with van der Waals surface area (Å²) in [7, 11) is 1.76. The van der Waals surface area contributed by atoms with E-state index in [0.29, 0.717) is 11.5 Å². The van der Waals surface area contributed by atoms with Gasteiger partial charge in [-0.1, -0.05) is 0 Å². The summed E-state index contributed by atoms with van der Waals surface area (Å²) in [6, 6.07) is 0. The Morgan fingerprint density at radius 1 is 1.30 bits per heavy atom. The van der Waals surface area contributed by atoms with Gasteiger partial charge in [-0.2, -0.15) is 0 Å². The summed E-state index contributed by atoms with van der Waals surface area (Å²) >= 11 is 0. The summed E-state index contributed by atoms with van der Waals surface area (Å²) in [5, 5.41) is 3.58. The van der Waals surface area contributed by atoms with Crippen LogP contribution in [0.3, 0.4) is 0 Å². The van der Waals surface area contributed by atoms with Crippen molar-refractivity contribution in [2.45, 2.75) is 45.1 Å². The highest BCUT2D eigenvalue weighted by Crippen LogP contribution is 2.49. The third-order valence-corrected chi connectivity index (χ3v) is 4.68. The van der Waals surface area contributed by atoms with E-state index in [0.717, 1.165) is 51.9 Å². The number of rotatable bonds is 11. The lowest BCUT2D eigenvalue weighted by Gasteiger charge is -2.35. The second-order valence-corrected chi connectivity index (χ2v) is 6.21. The van der Waals surface area contributed by atoms with Crippen molar-refractivity contribution in [1.82, 2.24) is 5.32 Å². The number of ether oxygens (including phenoxy) is 3. The Kier molecular flexibility index (Phi) is 6.75. The van der Waals surface area contributed by atoms with Gasteiger partial charge in [-0.15, -0.1) is 0 Å². The van der Waals surface area contributed by atoms with E-state index in [1.165, 1.54) is 25.7 Å². The van der Waals surface area contributed by atoms with E-state index in [1.54, 1.807) is 7.11 Å². The first kappa shape index (κ1) is 16.2. The van der Waals surface area contributed by atoms with Crippen molar-refractivity contribution in [2.24, 2.45) is 11.3 Å². The van der Waals surface area contributed by atoms with Crippen LogP contribution in [0.25, 0.3) is 0 Å². The minimum Gasteiger partial charge on any atom is -0.383 e. The van der Waals surface area contributed by atoms with Crippen LogP contribution in [0.5, 0.6) is 0 Å². The topological polar surface area (TPSA) is 39.7 Å². The molecular weight excluding hydrogens is 254 g/mol. The Balaban J connectivity index is 1.84. The van der Waals surface area contributed by atoms with Crippen molar-refractivity contribution in [3.8, 4) is 0 Å². The van der Waals surface area contributed by atoms with Crippen LogP contribution in [0, 0.1) is 11.3 Å². The van der Waals surface area contributed by atoms with Crippen LogP contribution in [0.15, 0.2) is 0 Å². The van der Waals surface area contributed by atoms with Gasteiger partial charge in [-0.3, -0.25) is 0 Å². The molecule has 2 rings (SSSR count). The maximum atomic E-state index is 6.09. The van der Waals surface area contributed by atoms with Gasteiger partial charge in [0.1, 0.15) is 0 Å². The van der Waals surface area contributed by atoms with Crippen LogP contribution >= 0.6 is 0 Å². The number of methoxy groups -OCH3 is 1. The van der Waals surface area contributed by atoms with Gasteiger partial charge in [0.25, 0.3) is 0 Å². The standard InChI is InChI=1S/C16H31NO3/c1-3-19-10-4-7-16(13-17-9-12-18-2)8-11-20-15(16)14-5-6-14/h14-15,17H,3-13H2,1-2H3. The highest BCUT2D eigenvalue weighted by Gasteiger charge is 2.50. The molecule has 1 N–H and O–H groups in total. The first-order chi connectivity index (χ1) is 9.82. The SMILES string of the molecule is CCOCCCC1(CNCCOC)CCOC1C1CC1. The first-order valence-electron chi connectivity index (χ1n) is 8.21. The first-order valence-corrected chi connectivity index (χ1v) is 8.21. The van der Waals surface area contributed by atoms with Crippen molar-refractivity contribution in [2.75, 3.05) is 46.6 Å². The molecule has 0 spiro atoms. The molecule has 1 saturated heterocycles. The van der Waals surface area contributed by atoms with Crippen molar-refractivity contribution in [3.63, 3.8) is 0 Å². The van der Waals surface area contributed by atoms with Crippen LogP contribution < -0.4 is 5.32 Å². The summed E-state index contributed by atoms with van der Waals surface area (Å²) in [6.07, 6.45) is 6.74. The van der Waals surface area contributed by atoms with E-state index in [1.807, 2.05) is 0 Å². The molecule has 0 bridgehead atoms. The molecule has 0 aromatic rings. The van der Waals surface area contributed by atoms with E-state index in [-0.39, 0.29) is 0 Å². The lowest BCUT2D eigenvalue weighted by Crippen LogP contribution is -2.43. The molecule has 1 aliphatic heterocycles. The second-order valence-electron chi connectivity index (χ2n) is 6.21. The maximum Gasteiger partial charge on any atom is 0.0672 e. The monoisotopic (exact) mass is 285 g/mol. The maximum absolute atomic E-state index is 6.09. The minimum absolute atomic E-state index is 0.325. The van der Waals surface area contributed by atoms with Gasteiger partial charge in [-0.25, -0.2) is 0 Å². The molecular formula is C16H31NO3. The molecule has 0 aromatic heterocycles. The summed E-state index contributed by atoms with van der Waals surface area (Å²) in [5.41, 5.74) is 0.325. The molecule has 0 amide bonds. The van der Waals surface area contributed by atoms with Crippen LogP contribution in [0.4, 0.5) is 0 Å². The predicted molar refractivity (Wildman–Crippen MR) is 80.0 cm³/mol. The molecule has 1 aliphatic carbocycles. The molecule has 1 heterocycles. The van der Waals surface area contributed by atoms with Crippen molar-refractivity contribution in [3.05, 3.63) is 0 Å². The fourth-order valence-electron chi connectivity index (χ4n) is 3.47. The van der Waals surface area contributed by atoms with Crippen LogP contribution in [0.2, 0.25) is 0 Å². The van der Waals surface area contributed by atoms with Crippen molar-refractivity contribution >= 4 is 0 Å². The third-order valence-electron chi connectivity index (χ3n) is 4.68. The molecule has 1 saturated carbocycles. The van der Waals surface area contributed by atoms with E-state index in [2.05, 4.69) is 12.2 Å². The van der Waals surface area contributed by atoms with Gasteiger partial charge in [0.05, 0.1) is 12.7 Å². The largest absolute Gasteiger partial charge is 0.383 e. The second kappa shape index (κ2) is 8.32. The molecule has 2 fully saturated rings. The summed E-state index contributed by atoms with van der Waals surface area (Å²) in [6.45, 7) is 7.47. The highest BCUT2D eigenvalue weighted by molar-refractivity contribution is 5.00. The smallest absolute Gasteiger partial charge is 0.0672 e. The molecule has 4 nitrogen and oxygen atoms in total. The zero-order chi connectivity index (χ0) is 14.3. The fraction of sp³-hybridized carbons (Fsp3) is 1.00. The van der Waals surface area contributed by atoms with Gasteiger partial charge in [-0.05, 0) is 44.9 Å². The molecule has 118 valence electrons. The Morgan fingerprint density at radius 3 is 2.85 bits per heavy atom. The van der Waals surface area contributed by atoms with Gasteiger partial charge >= 0.3 is 0 Å². The molecule has 20 heavy (non-hydrogen) atoms. The Labute approximate surface area is 123 Å². The van der Waals surface area contributed by atoms with Gasteiger partial charge in [0, 0.05) is 45.4 Å². The zero-order valence-corrected chi connectivity index (χ0v) is 13.2. The van der Waals surface area contributed by atoms with E-state index in [4.69, 9.17) is 14.2 Å². The average Bonchev–Trinajstić information content (AvgIpc) is 3.22. The van der Waals surface area contributed by atoms with E-state index >= 15 is 0 Å². The van der Waals surface area contributed by atoms with Gasteiger partial charge in [0.2, 0.25) is 0 Å². The normalized spacial score (nSPS) is 30.0. The zero-order valence-electron chi connectivity index (χ0n) is 13.2. The summed E-state index contributed by atoms with van der Waals surface area (Å²) < 4.78 is 16.7. The molecule has 2 unspecified atom stereocenters. The third kappa shape index (κ3) is 4.42. The molecule has 2 atom stereocenters. The molecule has 2 aliphatic rings. The van der Waals surface area contributed by atoms with Gasteiger partial charge < -0.3 is 19.5 Å². The summed E-state index contributed by atoms with van der Waals surface area (Å²) in [4.78, 5) is 0. The fourth-order valence-corrected chi connectivity index (χ4v) is 3.47. The highest BCUT2D eigenvalue weighted by atomic mass is 16.5. The molecule has 0 aromatic carbocycles. The van der Waals surface area contributed by atoms with Crippen LogP contribution in [-0.4, -0.2) is 52.7 Å². The molecule has 0 radical (unpaired) electrons. The quantitative estimate of drug-likeness (QED) is 0.591. The number of hydrogen-bond donors (Lipinski definition) is 1. The van der Waals surface area contributed by atoms with Crippen molar-refractivity contribution < 1.29 is 14.2 Å².